The van der Waals surface area contributed by atoms with Gasteiger partial charge in [0, 0.05) is 41.9 Å². The molecule has 16 heteroatoms. The molecule has 4 aliphatic heterocycles. The number of nitrogens with one attached hydrogen (secondary N) is 2. The van der Waals surface area contributed by atoms with Gasteiger partial charge in [-0.2, -0.15) is 0 Å². The summed E-state index contributed by atoms with van der Waals surface area (Å²) in [6.07, 6.45) is 10.3. The predicted molar refractivity (Wildman–Crippen MR) is 211 cm³/mol. The van der Waals surface area contributed by atoms with Gasteiger partial charge in [0.1, 0.15) is 34.7 Å². The maximum absolute atomic E-state index is 15.2. The van der Waals surface area contributed by atoms with Crippen LogP contribution in [0.1, 0.15) is 108 Å². The number of pyridine rings is 1. The Morgan fingerprint density at radius 3 is 2.60 bits per heavy atom. The number of hydrogen-bond donors (Lipinski definition) is 3. The zero-order valence-corrected chi connectivity index (χ0v) is 34.0. The Hall–Kier alpha value is -4.44. The van der Waals surface area contributed by atoms with Crippen LogP contribution in [0.15, 0.2) is 30.4 Å². The van der Waals surface area contributed by atoms with E-state index in [2.05, 4.69) is 10.0 Å². The Morgan fingerprint density at radius 2 is 1.90 bits per heavy atom. The molecule has 1 aromatic carbocycles. The van der Waals surface area contributed by atoms with E-state index in [0.717, 1.165) is 47.8 Å². The van der Waals surface area contributed by atoms with E-state index in [-0.39, 0.29) is 38.3 Å². The first kappa shape index (κ1) is 39.0. The van der Waals surface area contributed by atoms with Crippen LogP contribution < -0.4 is 19.5 Å². The van der Waals surface area contributed by atoms with Crippen molar-refractivity contribution in [2.24, 2.45) is 5.92 Å². The number of aryl methyl sites for hydroxylation is 1. The molecule has 0 bridgehead atoms. The first-order chi connectivity index (χ1) is 27.8. The summed E-state index contributed by atoms with van der Waals surface area (Å²) in [5.41, 5.74) is 0.131. The number of carbonyl (C=O) groups excluding carboxylic acids is 3. The molecule has 7 aliphatic rings. The standard InChI is InChI=1S/C42H53N5O10S/c1-40(17-18-40)58(53,54)45-38(50)42-21-26(42)8-6-4-3-5-7-9-32(47(39(51)52)27-15-19-56-23-27)37(49)46-24-41(22-33(46)36(48)44-42)16-14-30-29-13-12-28(55-2)20-31(29)43-34(25-10-11-25)35(30)57-41/h6,8,12-13,20,25-27,32-33H,3-5,7,9-11,14-19,21-24H2,1-2H3,(H,44,48)(H,45,50)(H,51,52)/b8-6-/t26-,27?,32+,33+,41-,42-/m1/s1. The number of hydrogen-bond acceptors (Lipinski definition) is 10. The molecule has 3 N–H and O–H groups in total. The van der Waals surface area contributed by atoms with Crippen molar-refractivity contribution in [3.63, 3.8) is 0 Å². The lowest BCUT2D eigenvalue weighted by atomic mass is 9.86. The van der Waals surface area contributed by atoms with Gasteiger partial charge in [-0.1, -0.05) is 25.0 Å². The second-order valence-corrected chi connectivity index (χ2v) is 20.1. The van der Waals surface area contributed by atoms with Crippen molar-refractivity contribution < 1.29 is 46.9 Å². The predicted octanol–water partition coefficient (Wildman–Crippen LogP) is 4.32. The lowest BCUT2D eigenvalue weighted by Gasteiger charge is -2.38. The van der Waals surface area contributed by atoms with Crippen molar-refractivity contribution in [1.82, 2.24) is 24.8 Å². The number of methoxy groups -OCH3 is 1. The van der Waals surface area contributed by atoms with E-state index in [1.54, 1.807) is 14.0 Å². The van der Waals surface area contributed by atoms with Gasteiger partial charge >= 0.3 is 6.09 Å². The average molecular weight is 820 g/mol. The number of sulfonamides is 1. The molecule has 6 atom stereocenters. The van der Waals surface area contributed by atoms with Gasteiger partial charge in [0.2, 0.25) is 21.8 Å². The summed E-state index contributed by atoms with van der Waals surface area (Å²) in [5.74, 6) is -0.741. The Labute approximate surface area is 338 Å². The Kier molecular flexibility index (Phi) is 9.68. The average Bonchev–Trinajstić information content (AvgIpc) is 4.16. The van der Waals surface area contributed by atoms with Crippen LogP contribution in [0.5, 0.6) is 11.5 Å². The minimum absolute atomic E-state index is 0.0223. The molecule has 4 amide bonds. The molecule has 1 spiro atoms. The Morgan fingerprint density at radius 1 is 1.09 bits per heavy atom. The summed E-state index contributed by atoms with van der Waals surface area (Å²) in [7, 11) is -2.39. The largest absolute Gasteiger partial charge is 0.497 e. The lowest BCUT2D eigenvalue weighted by molar-refractivity contribution is -0.144. The molecule has 3 aliphatic carbocycles. The van der Waals surface area contributed by atoms with Gasteiger partial charge in [-0.05, 0) is 89.7 Å². The molecular formula is C42H53N5O10S. The number of carbonyl (C=O) groups is 4. The third kappa shape index (κ3) is 6.87. The van der Waals surface area contributed by atoms with Crippen molar-refractivity contribution in [2.75, 3.05) is 26.9 Å². The molecule has 3 saturated carbocycles. The van der Waals surface area contributed by atoms with Crippen molar-refractivity contribution in [1.29, 1.82) is 0 Å². The number of carboxylic acid groups (broad SMARTS) is 1. The van der Waals surface area contributed by atoms with Gasteiger partial charge in [0.05, 0.1) is 42.3 Å². The van der Waals surface area contributed by atoms with Gasteiger partial charge < -0.3 is 29.5 Å². The van der Waals surface area contributed by atoms with E-state index < -0.39 is 73.8 Å². The molecule has 0 radical (unpaired) electrons. The number of amides is 4. The SMILES string of the molecule is COc1ccc2c3c(c(C4CC4)nc2c1)O[C@]1(CC3)C[C@H]2C(=O)N[C@]3(C(=O)NS(=O)(=O)C4(C)CC4)C[C@H]3/C=C\CCCCC[C@H](N(C(=O)O)C3CCOC3)C(=O)N2C1. The van der Waals surface area contributed by atoms with Gasteiger partial charge in [-0.3, -0.25) is 24.0 Å². The van der Waals surface area contributed by atoms with Crippen LogP contribution in [0.4, 0.5) is 4.79 Å². The maximum Gasteiger partial charge on any atom is 0.408 e. The highest BCUT2D eigenvalue weighted by Gasteiger charge is 2.64. The topological polar surface area (TPSA) is 194 Å². The summed E-state index contributed by atoms with van der Waals surface area (Å²) in [5, 5.41) is 14.5. The number of aromatic nitrogens is 1. The third-order valence-electron chi connectivity index (χ3n) is 13.8. The molecule has 312 valence electrons. The molecular weight excluding hydrogens is 767 g/mol. The van der Waals surface area contributed by atoms with Crippen LogP contribution in [0, 0.1) is 5.92 Å². The summed E-state index contributed by atoms with van der Waals surface area (Å²) in [6.45, 7) is 2.18. The fraction of sp³-hybridized carbons (Fsp3) is 0.643. The van der Waals surface area contributed by atoms with Crippen LogP contribution in [-0.2, 0) is 35.6 Å². The highest BCUT2D eigenvalue weighted by molar-refractivity contribution is 7.91. The monoisotopic (exact) mass is 819 g/mol. The van der Waals surface area contributed by atoms with E-state index in [1.807, 2.05) is 30.4 Å². The number of nitrogens with zero attached hydrogens (tertiary/aromatic N) is 3. The van der Waals surface area contributed by atoms with Crippen molar-refractivity contribution in [3.05, 3.63) is 41.6 Å². The molecule has 2 saturated heterocycles. The quantitative estimate of drug-likeness (QED) is 0.337. The first-order valence-electron chi connectivity index (χ1n) is 20.9. The van der Waals surface area contributed by atoms with Crippen LogP contribution >= 0.6 is 0 Å². The van der Waals surface area contributed by atoms with E-state index in [1.165, 1.54) is 9.80 Å². The van der Waals surface area contributed by atoms with Gasteiger partial charge in [0.15, 0.2) is 0 Å². The second kappa shape index (κ2) is 14.4. The fourth-order valence-corrected chi connectivity index (χ4v) is 11.0. The normalized spacial score (nSPS) is 32.4. The van der Waals surface area contributed by atoms with E-state index in [0.29, 0.717) is 63.1 Å². The highest BCUT2D eigenvalue weighted by atomic mass is 32.2. The minimum Gasteiger partial charge on any atom is -0.497 e. The number of allylic oxidation sites excluding steroid dienone is 1. The summed E-state index contributed by atoms with van der Waals surface area (Å²) < 4.78 is 46.0. The molecule has 2 aromatic rings. The van der Waals surface area contributed by atoms with Crippen LogP contribution in [0.25, 0.3) is 10.9 Å². The summed E-state index contributed by atoms with van der Waals surface area (Å²) in [4.78, 5) is 64.9. The molecule has 1 unspecified atom stereocenters. The molecule has 58 heavy (non-hydrogen) atoms. The van der Waals surface area contributed by atoms with Crippen LogP contribution in [0.2, 0.25) is 0 Å². The van der Waals surface area contributed by atoms with Gasteiger partial charge in [-0.15, -0.1) is 0 Å². The van der Waals surface area contributed by atoms with Crippen molar-refractivity contribution in [2.45, 2.75) is 137 Å². The molecule has 1 aromatic heterocycles. The van der Waals surface area contributed by atoms with E-state index >= 15 is 4.79 Å². The summed E-state index contributed by atoms with van der Waals surface area (Å²) in [6, 6.07) is 3.07. The molecule has 9 rings (SSSR count). The molecule has 5 heterocycles. The van der Waals surface area contributed by atoms with Gasteiger partial charge in [-0.25, -0.2) is 18.2 Å². The second-order valence-electron chi connectivity index (χ2n) is 17.9. The van der Waals surface area contributed by atoms with Gasteiger partial charge in [0.25, 0.3) is 5.91 Å². The maximum atomic E-state index is 15.2. The van der Waals surface area contributed by atoms with Crippen molar-refractivity contribution in [3.8, 4) is 11.5 Å². The van der Waals surface area contributed by atoms with E-state index in [9.17, 15) is 27.9 Å². The minimum atomic E-state index is -4.01. The van der Waals surface area contributed by atoms with Crippen LogP contribution in [-0.4, -0.2) is 113 Å². The number of fused-ring (bicyclic) bond motifs is 5. The third-order valence-corrected chi connectivity index (χ3v) is 16.0. The lowest BCUT2D eigenvalue weighted by Crippen LogP contribution is -2.60. The van der Waals surface area contributed by atoms with Crippen LogP contribution in [0.3, 0.4) is 0 Å². The zero-order valence-electron chi connectivity index (χ0n) is 33.2. The highest BCUT2D eigenvalue weighted by Crippen LogP contribution is 2.52. The molecule has 5 fully saturated rings. The molecule has 15 nitrogen and oxygen atoms in total. The Bertz CT molecular complexity index is 2180. The fourth-order valence-electron chi connectivity index (χ4n) is 9.69. The number of benzene rings is 1. The summed E-state index contributed by atoms with van der Waals surface area (Å²) >= 11 is 0. The Balaban J connectivity index is 1.09. The zero-order chi connectivity index (χ0) is 40.6. The number of rotatable bonds is 7. The number of ether oxygens (including phenoxy) is 3. The smallest absolute Gasteiger partial charge is 0.408 e. The van der Waals surface area contributed by atoms with Crippen molar-refractivity contribution >= 4 is 44.7 Å². The van der Waals surface area contributed by atoms with E-state index in [4.69, 9.17) is 19.2 Å². The first-order valence-corrected chi connectivity index (χ1v) is 22.4.